The van der Waals surface area contributed by atoms with Crippen molar-refractivity contribution in [2.75, 3.05) is 16.8 Å². The second-order valence-corrected chi connectivity index (χ2v) is 8.08. The Bertz CT molecular complexity index is 1010. The summed E-state index contributed by atoms with van der Waals surface area (Å²) in [7, 11) is 0. The highest BCUT2D eigenvalue weighted by Gasteiger charge is 2.16. The van der Waals surface area contributed by atoms with Gasteiger partial charge < -0.3 is 10.2 Å². The monoisotopic (exact) mass is 384 g/mol. The first kappa shape index (κ1) is 19.3. The zero-order valence-corrected chi connectivity index (χ0v) is 17.5. The van der Waals surface area contributed by atoms with Crippen LogP contribution in [0.1, 0.15) is 44.6 Å². The molecule has 1 aliphatic heterocycles. The van der Waals surface area contributed by atoms with E-state index in [1.807, 2.05) is 26.0 Å². The van der Waals surface area contributed by atoms with Gasteiger partial charge in [-0.2, -0.15) is 0 Å². The van der Waals surface area contributed by atoms with Crippen molar-refractivity contribution in [3.8, 4) is 0 Å². The Balaban J connectivity index is 1.47. The van der Waals surface area contributed by atoms with Crippen molar-refractivity contribution < 1.29 is 4.79 Å². The maximum absolute atomic E-state index is 12.7. The molecule has 29 heavy (non-hydrogen) atoms. The van der Waals surface area contributed by atoms with Crippen LogP contribution < -0.4 is 10.2 Å². The number of carbonyl (C=O) groups excluding carboxylic acids is 1. The van der Waals surface area contributed by atoms with E-state index in [4.69, 9.17) is 0 Å². The molecule has 3 heteroatoms. The van der Waals surface area contributed by atoms with Crippen LogP contribution in [0.3, 0.4) is 0 Å². The van der Waals surface area contributed by atoms with Gasteiger partial charge in [-0.3, -0.25) is 4.79 Å². The third-order valence-electron chi connectivity index (χ3n) is 5.71. The summed E-state index contributed by atoms with van der Waals surface area (Å²) in [5, 5.41) is 3.09. The zero-order chi connectivity index (χ0) is 20.4. The van der Waals surface area contributed by atoms with Crippen LogP contribution in [-0.2, 0) is 13.0 Å². The number of nitrogens with one attached hydrogen (secondary N) is 1. The van der Waals surface area contributed by atoms with Crippen LogP contribution in [0.15, 0.2) is 60.7 Å². The average molecular weight is 385 g/mol. The van der Waals surface area contributed by atoms with Crippen LogP contribution >= 0.6 is 0 Å². The number of nitrogens with zero attached hydrogens (tertiary/aromatic N) is 1. The summed E-state index contributed by atoms with van der Waals surface area (Å²) in [4.78, 5) is 15.2. The molecule has 1 amide bonds. The van der Waals surface area contributed by atoms with Crippen molar-refractivity contribution in [1.82, 2.24) is 0 Å². The molecule has 0 saturated heterocycles. The molecule has 3 aromatic carbocycles. The molecule has 1 heterocycles. The Morgan fingerprint density at radius 1 is 0.966 bits per heavy atom. The lowest BCUT2D eigenvalue weighted by Crippen LogP contribution is -2.28. The Morgan fingerprint density at radius 2 is 1.66 bits per heavy atom. The first-order valence-electron chi connectivity index (χ1n) is 10.3. The number of fused-ring (bicyclic) bond motifs is 1. The van der Waals surface area contributed by atoms with Gasteiger partial charge in [-0.15, -0.1) is 0 Å². The van der Waals surface area contributed by atoms with Gasteiger partial charge in [0.2, 0.25) is 0 Å². The molecule has 3 nitrogen and oxygen atoms in total. The van der Waals surface area contributed by atoms with Gasteiger partial charge in [0, 0.05) is 30.0 Å². The number of para-hydroxylation sites is 1. The van der Waals surface area contributed by atoms with Gasteiger partial charge in [0.05, 0.1) is 0 Å². The average Bonchev–Trinajstić information content (AvgIpc) is 2.71. The smallest absolute Gasteiger partial charge is 0.255 e. The minimum Gasteiger partial charge on any atom is -0.367 e. The highest BCUT2D eigenvalue weighted by atomic mass is 16.1. The van der Waals surface area contributed by atoms with Crippen molar-refractivity contribution in [3.63, 3.8) is 0 Å². The van der Waals surface area contributed by atoms with Crippen LogP contribution in [0.2, 0.25) is 0 Å². The summed E-state index contributed by atoms with van der Waals surface area (Å²) in [5.41, 5.74) is 8.99. The van der Waals surface area contributed by atoms with Crippen LogP contribution in [0.25, 0.3) is 0 Å². The highest BCUT2D eigenvalue weighted by Crippen LogP contribution is 2.28. The van der Waals surface area contributed by atoms with Crippen molar-refractivity contribution in [3.05, 3.63) is 94.0 Å². The molecule has 0 saturated carbocycles. The summed E-state index contributed by atoms with van der Waals surface area (Å²) in [6.07, 6.45) is 2.34. The largest absolute Gasteiger partial charge is 0.367 e. The second kappa shape index (κ2) is 8.12. The molecular formula is C26H28N2O. The quantitative estimate of drug-likeness (QED) is 0.615. The van der Waals surface area contributed by atoms with Gasteiger partial charge in [-0.25, -0.2) is 0 Å². The molecule has 0 atom stereocenters. The standard InChI is InChI=1S/C26H28N2O/c1-18-15-19(2)25(20(3)16-18)27-26(29)23-12-10-21(11-13-23)17-28-14-6-8-22-7-4-5-9-24(22)28/h4-5,7,9-13,15-16H,6,8,14,17H2,1-3H3,(H,27,29). The summed E-state index contributed by atoms with van der Waals surface area (Å²) in [5.74, 6) is -0.0603. The molecule has 1 aliphatic rings. The molecular weight excluding hydrogens is 356 g/mol. The van der Waals surface area contributed by atoms with E-state index in [0.717, 1.165) is 36.3 Å². The van der Waals surface area contributed by atoms with Crippen molar-refractivity contribution in [2.24, 2.45) is 0 Å². The summed E-state index contributed by atoms with van der Waals surface area (Å²) in [6, 6.07) is 20.9. The molecule has 0 spiro atoms. The van der Waals surface area contributed by atoms with E-state index in [1.54, 1.807) is 0 Å². The third-order valence-corrected chi connectivity index (χ3v) is 5.71. The summed E-state index contributed by atoms with van der Waals surface area (Å²) < 4.78 is 0. The normalized spacial score (nSPS) is 13.1. The number of rotatable bonds is 4. The van der Waals surface area contributed by atoms with Crippen molar-refractivity contribution in [1.29, 1.82) is 0 Å². The lowest BCUT2D eigenvalue weighted by atomic mass is 10.0. The van der Waals surface area contributed by atoms with Crippen LogP contribution in [0.4, 0.5) is 11.4 Å². The lowest BCUT2D eigenvalue weighted by Gasteiger charge is -2.31. The number of aryl methyl sites for hydroxylation is 4. The van der Waals surface area contributed by atoms with Crippen LogP contribution in [-0.4, -0.2) is 12.5 Å². The van der Waals surface area contributed by atoms with Crippen molar-refractivity contribution >= 4 is 17.3 Å². The van der Waals surface area contributed by atoms with Gasteiger partial charge in [0.25, 0.3) is 5.91 Å². The Labute approximate surface area is 173 Å². The fourth-order valence-electron chi connectivity index (χ4n) is 4.32. The number of amides is 1. The SMILES string of the molecule is Cc1cc(C)c(NC(=O)c2ccc(CN3CCCc4ccccc43)cc2)c(C)c1. The Kier molecular flexibility index (Phi) is 5.39. The molecule has 1 N–H and O–H groups in total. The van der Waals surface area contributed by atoms with E-state index in [0.29, 0.717) is 5.56 Å². The molecule has 148 valence electrons. The number of hydrogen-bond acceptors (Lipinski definition) is 2. The minimum atomic E-state index is -0.0603. The topological polar surface area (TPSA) is 32.3 Å². The Morgan fingerprint density at radius 3 is 2.38 bits per heavy atom. The maximum atomic E-state index is 12.7. The predicted molar refractivity (Wildman–Crippen MR) is 121 cm³/mol. The first-order valence-corrected chi connectivity index (χ1v) is 10.3. The summed E-state index contributed by atoms with van der Waals surface area (Å²) in [6.45, 7) is 8.09. The van der Waals surface area contributed by atoms with E-state index < -0.39 is 0 Å². The summed E-state index contributed by atoms with van der Waals surface area (Å²) >= 11 is 0. The molecule has 4 rings (SSSR count). The molecule has 0 aromatic heterocycles. The van der Waals surface area contributed by atoms with Crippen molar-refractivity contribution in [2.45, 2.75) is 40.2 Å². The molecule has 3 aromatic rings. The van der Waals surface area contributed by atoms with E-state index in [2.05, 4.69) is 65.7 Å². The number of benzene rings is 3. The highest BCUT2D eigenvalue weighted by molar-refractivity contribution is 6.05. The van der Waals surface area contributed by atoms with E-state index in [9.17, 15) is 4.79 Å². The van der Waals surface area contributed by atoms with Gasteiger partial charge >= 0.3 is 0 Å². The third kappa shape index (κ3) is 4.19. The minimum absolute atomic E-state index is 0.0603. The number of anilines is 2. The number of hydrogen-bond donors (Lipinski definition) is 1. The first-order chi connectivity index (χ1) is 14.0. The van der Waals surface area contributed by atoms with Crippen LogP contribution in [0, 0.1) is 20.8 Å². The number of carbonyl (C=O) groups is 1. The molecule has 0 aliphatic carbocycles. The fourth-order valence-corrected chi connectivity index (χ4v) is 4.32. The van der Waals surface area contributed by atoms with Gasteiger partial charge in [-0.1, -0.05) is 48.0 Å². The maximum Gasteiger partial charge on any atom is 0.255 e. The van der Waals surface area contributed by atoms with E-state index in [-0.39, 0.29) is 5.91 Å². The molecule has 0 bridgehead atoms. The van der Waals surface area contributed by atoms with E-state index >= 15 is 0 Å². The molecule has 0 unspecified atom stereocenters. The second-order valence-electron chi connectivity index (χ2n) is 8.08. The Hall–Kier alpha value is -3.07. The molecule has 0 fully saturated rings. The predicted octanol–water partition coefficient (Wildman–Crippen LogP) is 5.82. The lowest BCUT2D eigenvalue weighted by molar-refractivity contribution is 0.102. The van der Waals surface area contributed by atoms with Crippen LogP contribution in [0.5, 0.6) is 0 Å². The zero-order valence-electron chi connectivity index (χ0n) is 17.5. The van der Waals surface area contributed by atoms with E-state index in [1.165, 1.54) is 28.8 Å². The van der Waals surface area contributed by atoms with Gasteiger partial charge in [0.15, 0.2) is 0 Å². The van der Waals surface area contributed by atoms with Gasteiger partial charge in [-0.05, 0) is 74.1 Å². The van der Waals surface area contributed by atoms with Gasteiger partial charge in [0.1, 0.15) is 0 Å². The fraction of sp³-hybridized carbons (Fsp3) is 0.269. The molecule has 0 radical (unpaired) electrons.